The van der Waals surface area contributed by atoms with Crippen LogP contribution in [0.1, 0.15) is 16.7 Å². The van der Waals surface area contributed by atoms with Gasteiger partial charge in [-0.1, -0.05) is 91.0 Å². The maximum Gasteiger partial charge on any atom is 0.104 e. The molecule has 0 radical (unpaired) electrons. The van der Waals surface area contributed by atoms with E-state index in [-0.39, 0.29) is 17.7 Å². The molecule has 0 spiro atoms. The Hall–Kier alpha value is -2.42. The smallest absolute Gasteiger partial charge is 0.104 e. The van der Waals surface area contributed by atoms with Crippen molar-refractivity contribution < 1.29 is 4.74 Å². The van der Waals surface area contributed by atoms with Gasteiger partial charge in [-0.3, -0.25) is 0 Å². The van der Waals surface area contributed by atoms with Crippen LogP contribution in [0.3, 0.4) is 0 Å². The first-order valence-corrected chi connectivity index (χ1v) is 9.30. The van der Waals surface area contributed by atoms with Gasteiger partial charge in [-0.25, -0.2) is 0 Å². The maximum absolute atomic E-state index is 6.57. The second kappa shape index (κ2) is 7.45. The minimum absolute atomic E-state index is 0.00447. The Labute approximate surface area is 155 Å². The Morgan fingerprint density at radius 1 is 0.692 bits per heavy atom. The summed E-state index contributed by atoms with van der Waals surface area (Å²) in [6, 6.07) is 31.6. The van der Waals surface area contributed by atoms with E-state index in [0.29, 0.717) is 0 Å². The molecule has 1 aliphatic heterocycles. The van der Waals surface area contributed by atoms with Crippen molar-refractivity contribution in [2.45, 2.75) is 37.0 Å². The SMILES string of the molecule is N[C@@H](Cc1ccccc1)[C@@H]1OC1(Cc1ccccc1)Cc1ccccc1. The average molecular weight is 343 g/mol. The highest BCUT2D eigenvalue weighted by Gasteiger charge is 2.58. The molecular formula is C24H25NO. The first-order valence-electron chi connectivity index (χ1n) is 9.30. The predicted octanol–water partition coefficient (Wildman–Crippen LogP) is 4.18. The van der Waals surface area contributed by atoms with Crippen LogP contribution in [-0.4, -0.2) is 17.7 Å². The van der Waals surface area contributed by atoms with E-state index >= 15 is 0 Å². The van der Waals surface area contributed by atoms with Crippen LogP contribution < -0.4 is 5.73 Å². The van der Waals surface area contributed by atoms with E-state index in [1.54, 1.807) is 0 Å². The number of hydrogen-bond donors (Lipinski definition) is 1. The standard InChI is InChI=1S/C24H25NO/c25-22(16-19-10-4-1-5-11-19)23-24(26-23,17-20-12-6-2-7-13-20)18-21-14-8-3-9-15-21/h1-15,22-23H,16-18,25H2/t22-,23-/m0/s1. The second-order valence-corrected chi connectivity index (χ2v) is 7.28. The van der Waals surface area contributed by atoms with Gasteiger partial charge in [0.1, 0.15) is 11.7 Å². The molecule has 1 heterocycles. The number of epoxide rings is 1. The van der Waals surface area contributed by atoms with Gasteiger partial charge in [0.25, 0.3) is 0 Å². The lowest BCUT2D eigenvalue weighted by atomic mass is 9.86. The van der Waals surface area contributed by atoms with Crippen LogP contribution in [0.25, 0.3) is 0 Å². The van der Waals surface area contributed by atoms with Gasteiger partial charge in [-0.05, 0) is 23.1 Å². The van der Waals surface area contributed by atoms with Crippen molar-refractivity contribution >= 4 is 0 Å². The molecule has 4 rings (SSSR count). The summed E-state index contributed by atoms with van der Waals surface area (Å²) in [6.07, 6.45) is 2.73. The van der Waals surface area contributed by atoms with Crippen molar-refractivity contribution in [3.05, 3.63) is 108 Å². The summed E-state index contributed by atoms with van der Waals surface area (Å²) in [4.78, 5) is 0. The van der Waals surface area contributed by atoms with Crippen molar-refractivity contribution in [3.8, 4) is 0 Å². The van der Waals surface area contributed by atoms with E-state index in [0.717, 1.165) is 19.3 Å². The minimum Gasteiger partial charge on any atom is -0.364 e. The second-order valence-electron chi connectivity index (χ2n) is 7.28. The van der Waals surface area contributed by atoms with Crippen LogP contribution in [0.2, 0.25) is 0 Å². The molecular weight excluding hydrogens is 318 g/mol. The highest BCUT2D eigenvalue weighted by molar-refractivity contribution is 5.28. The van der Waals surface area contributed by atoms with E-state index in [1.807, 2.05) is 6.07 Å². The Morgan fingerprint density at radius 3 is 1.58 bits per heavy atom. The third kappa shape index (κ3) is 3.87. The molecule has 2 heteroatoms. The molecule has 3 aromatic rings. The Kier molecular flexibility index (Phi) is 4.87. The minimum atomic E-state index is -0.198. The first kappa shape index (κ1) is 17.0. The van der Waals surface area contributed by atoms with Gasteiger partial charge in [0, 0.05) is 18.9 Å². The molecule has 0 aliphatic carbocycles. The number of ether oxygens (including phenoxy) is 1. The molecule has 0 bridgehead atoms. The zero-order valence-electron chi connectivity index (χ0n) is 14.9. The molecule has 0 amide bonds. The molecule has 2 nitrogen and oxygen atoms in total. The summed E-state index contributed by atoms with van der Waals surface area (Å²) in [5, 5.41) is 0. The van der Waals surface area contributed by atoms with Crippen molar-refractivity contribution in [2.75, 3.05) is 0 Å². The number of nitrogens with two attached hydrogens (primary N) is 1. The highest BCUT2D eigenvalue weighted by atomic mass is 16.6. The van der Waals surface area contributed by atoms with Gasteiger partial charge >= 0.3 is 0 Å². The van der Waals surface area contributed by atoms with Gasteiger partial charge in [-0.2, -0.15) is 0 Å². The quantitative estimate of drug-likeness (QED) is 0.654. The lowest BCUT2D eigenvalue weighted by Crippen LogP contribution is -2.36. The van der Waals surface area contributed by atoms with E-state index in [4.69, 9.17) is 10.5 Å². The zero-order valence-corrected chi connectivity index (χ0v) is 14.9. The normalized spacial score (nSPS) is 19.0. The third-order valence-electron chi connectivity index (χ3n) is 5.22. The summed E-state index contributed by atoms with van der Waals surface area (Å²) in [5.41, 5.74) is 10.2. The molecule has 0 saturated carbocycles. The maximum atomic E-state index is 6.57. The van der Waals surface area contributed by atoms with Gasteiger partial charge in [-0.15, -0.1) is 0 Å². The molecule has 0 aromatic heterocycles. The lowest BCUT2D eigenvalue weighted by Gasteiger charge is -2.17. The molecule has 1 aliphatic rings. The predicted molar refractivity (Wildman–Crippen MR) is 106 cm³/mol. The Bertz CT molecular complexity index is 775. The van der Waals surface area contributed by atoms with E-state index in [9.17, 15) is 0 Å². The fourth-order valence-electron chi connectivity index (χ4n) is 3.92. The Morgan fingerprint density at radius 2 is 1.12 bits per heavy atom. The van der Waals surface area contributed by atoms with Crippen LogP contribution >= 0.6 is 0 Å². The topological polar surface area (TPSA) is 38.5 Å². The lowest BCUT2D eigenvalue weighted by molar-refractivity contribution is 0.282. The van der Waals surface area contributed by atoms with E-state index in [2.05, 4.69) is 84.9 Å². The molecule has 1 saturated heterocycles. The Balaban J connectivity index is 1.52. The van der Waals surface area contributed by atoms with Gasteiger partial charge in [0.2, 0.25) is 0 Å². The average Bonchev–Trinajstić information content (AvgIpc) is 3.37. The van der Waals surface area contributed by atoms with E-state index in [1.165, 1.54) is 16.7 Å². The number of hydrogen-bond acceptors (Lipinski definition) is 2. The molecule has 132 valence electrons. The van der Waals surface area contributed by atoms with Crippen molar-refractivity contribution in [1.82, 2.24) is 0 Å². The van der Waals surface area contributed by atoms with Crippen molar-refractivity contribution in [2.24, 2.45) is 5.73 Å². The summed E-state index contributed by atoms with van der Waals surface area (Å²) in [7, 11) is 0. The fourth-order valence-corrected chi connectivity index (χ4v) is 3.92. The van der Waals surface area contributed by atoms with Crippen LogP contribution in [0.15, 0.2) is 91.0 Å². The highest BCUT2D eigenvalue weighted by Crippen LogP contribution is 2.44. The summed E-state index contributed by atoms with van der Waals surface area (Å²) in [6.45, 7) is 0. The van der Waals surface area contributed by atoms with Gasteiger partial charge in [0.05, 0.1) is 0 Å². The van der Waals surface area contributed by atoms with Gasteiger partial charge < -0.3 is 10.5 Å². The fraction of sp³-hybridized carbons (Fsp3) is 0.250. The monoisotopic (exact) mass is 343 g/mol. The largest absolute Gasteiger partial charge is 0.364 e. The molecule has 3 aromatic carbocycles. The summed E-state index contributed by atoms with van der Waals surface area (Å²) in [5.74, 6) is 0. The van der Waals surface area contributed by atoms with Gasteiger partial charge in [0.15, 0.2) is 0 Å². The third-order valence-corrected chi connectivity index (χ3v) is 5.22. The van der Waals surface area contributed by atoms with Crippen LogP contribution in [0.5, 0.6) is 0 Å². The number of benzene rings is 3. The summed E-state index contributed by atoms with van der Waals surface area (Å²) >= 11 is 0. The van der Waals surface area contributed by atoms with E-state index < -0.39 is 0 Å². The summed E-state index contributed by atoms with van der Waals surface area (Å²) < 4.78 is 6.32. The van der Waals surface area contributed by atoms with Crippen LogP contribution in [0, 0.1) is 0 Å². The number of rotatable bonds is 7. The molecule has 2 atom stereocenters. The molecule has 0 unspecified atom stereocenters. The van der Waals surface area contributed by atoms with Crippen LogP contribution in [0.4, 0.5) is 0 Å². The molecule has 26 heavy (non-hydrogen) atoms. The van der Waals surface area contributed by atoms with Crippen molar-refractivity contribution in [1.29, 1.82) is 0 Å². The van der Waals surface area contributed by atoms with Crippen LogP contribution in [-0.2, 0) is 24.0 Å². The molecule has 1 fully saturated rings. The van der Waals surface area contributed by atoms with Crippen molar-refractivity contribution in [3.63, 3.8) is 0 Å². The molecule has 2 N–H and O–H groups in total. The first-order chi connectivity index (χ1) is 12.8. The zero-order chi connectivity index (χ0) is 17.8.